The van der Waals surface area contributed by atoms with Crippen molar-refractivity contribution in [3.8, 4) is 11.5 Å². The number of carbonyl (C=O) groups excluding carboxylic acids is 1. The molecule has 10 heteroatoms. The van der Waals surface area contributed by atoms with E-state index in [4.69, 9.17) is 9.39 Å². The summed E-state index contributed by atoms with van der Waals surface area (Å²) in [4.78, 5) is 25.7. The Bertz CT molecular complexity index is 814. The summed E-state index contributed by atoms with van der Waals surface area (Å²) in [5.74, 6) is -1.09. The Balaban J connectivity index is 1.42. The van der Waals surface area contributed by atoms with Crippen LogP contribution >= 0.6 is 0 Å². The number of nitrogens with one attached hydrogen (secondary N) is 1. The number of nitrogens with zero attached hydrogens (tertiary/aromatic N) is 1. The first-order valence-corrected chi connectivity index (χ1v) is 9.35. The molecule has 0 saturated carbocycles. The lowest BCUT2D eigenvalue weighted by molar-refractivity contribution is -0.142. The van der Waals surface area contributed by atoms with Crippen molar-refractivity contribution in [3.05, 3.63) is 23.3 Å². The van der Waals surface area contributed by atoms with Crippen LogP contribution in [0.5, 0.6) is 11.5 Å². The van der Waals surface area contributed by atoms with Gasteiger partial charge in [0.15, 0.2) is 0 Å². The van der Waals surface area contributed by atoms with E-state index in [2.05, 4.69) is 5.32 Å². The zero-order chi connectivity index (χ0) is 20.1. The number of hydrogen-bond acceptors (Lipinski definition) is 6. The van der Waals surface area contributed by atoms with E-state index in [-0.39, 0.29) is 42.0 Å². The van der Waals surface area contributed by atoms with Gasteiger partial charge in [-0.1, -0.05) is 6.07 Å². The Morgan fingerprint density at radius 3 is 2.82 bits per heavy atom. The second-order valence-corrected chi connectivity index (χ2v) is 7.88. The Kier molecular flexibility index (Phi) is 4.71. The highest BCUT2D eigenvalue weighted by Crippen LogP contribution is 2.37. The number of alkyl halides is 1. The van der Waals surface area contributed by atoms with Gasteiger partial charge in [0.25, 0.3) is 0 Å². The van der Waals surface area contributed by atoms with Gasteiger partial charge in [-0.2, -0.15) is 0 Å². The number of fused-ring (bicyclic) bond motifs is 1. The minimum atomic E-state index is -1.38. The number of aryl methyl sites for hydroxylation is 1. The van der Waals surface area contributed by atoms with E-state index in [1.807, 2.05) is 0 Å². The Morgan fingerprint density at radius 2 is 2.18 bits per heavy atom. The van der Waals surface area contributed by atoms with Gasteiger partial charge >= 0.3 is 13.1 Å². The molecule has 28 heavy (non-hydrogen) atoms. The molecule has 0 spiro atoms. The SMILES string of the molecule is CC1(F)CN[C@H](C(=O)N2CC(Oc3ccc4c(c3C(=O)O)OB(O)CC4)C2)C1. The molecule has 0 bridgehead atoms. The molecule has 0 radical (unpaired) electrons. The summed E-state index contributed by atoms with van der Waals surface area (Å²) in [6.45, 7) is 2.23. The number of aromatic carboxylic acids is 1. The van der Waals surface area contributed by atoms with Crippen molar-refractivity contribution in [3.63, 3.8) is 0 Å². The largest absolute Gasteiger partial charge is 0.535 e. The number of carbonyl (C=O) groups is 2. The molecule has 1 amide bonds. The van der Waals surface area contributed by atoms with Crippen molar-refractivity contribution in [2.75, 3.05) is 19.6 Å². The molecule has 2 saturated heterocycles. The Hall–Kier alpha value is -2.33. The molecule has 1 aromatic carbocycles. The summed E-state index contributed by atoms with van der Waals surface area (Å²) in [7, 11) is -1.04. The molecule has 3 aliphatic rings. The molecule has 2 atom stereocenters. The maximum atomic E-state index is 13.9. The standard InChI is InChI=1S/C18H22BFN2O6/c1-18(20)6-12(21-9-18)16(23)22-7-11(8-22)27-13-3-2-10-4-5-19(26)28-15(10)14(13)17(24)25/h2-3,11-12,21,26H,4-9H2,1H3,(H,24,25)/t12-,18?/m0/s1. The first-order chi connectivity index (χ1) is 13.2. The topological polar surface area (TPSA) is 108 Å². The third-order valence-corrected chi connectivity index (χ3v) is 5.43. The molecule has 3 aliphatic heterocycles. The fourth-order valence-corrected chi connectivity index (χ4v) is 3.89. The van der Waals surface area contributed by atoms with E-state index in [1.54, 1.807) is 17.0 Å². The normalized spacial score (nSPS) is 27.0. The summed E-state index contributed by atoms with van der Waals surface area (Å²) in [6, 6.07) is 2.78. The van der Waals surface area contributed by atoms with E-state index in [1.165, 1.54) is 6.92 Å². The molecule has 0 aromatic heterocycles. The number of ether oxygens (including phenoxy) is 1. The van der Waals surface area contributed by atoms with Crippen LogP contribution in [-0.2, 0) is 11.2 Å². The number of halogens is 1. The number of benzene rings is 1. The van der Waals surface area contributed by atoms with Gasteiger partial charge in [0.05, 0.1) is 19.1 Å². The number of amides is 1. The van der Waals surface area contributed by atoms with Crippen LogP contribution in [0.2, 0.25) is 6.32 Å². The van der Waals surface area contributed by atoms with Gasteiger partial charge in [-0.05, 0) is 31.3 Å². The highest BCUT2D eigenvalue weighted by Gasteiger charge is 2.43. The maximum absolute atomic E-state index is 13.9. The third-order valence-electron chi connectivity index (χ3n) is 5.43. The summed E-state index contributed by atoms with van der Waals surface area (Å²) in [5, 5.41) is 22.2. The zero-order valence-corrected chi connectivity index (χ0v) is 15.5. The predicted octanol–water partition coefficient (Wildman–Crippen LogP) is 0.480. The van der Waals surface area contributed by atoms with Crippen molar-refractivity contribution < 1.29 is 33.5 Å². The number of carboxylic acids is 1. The summed E-state index contributed by atoms with van der Waals surface area (Å²) < 4.78 is 25.0. The number of hydrogen-bond donors (Lipinski definition) is 3. The molecule has 3 heterocycles. The van der Waals surface area contributed by atoms with E-state index in [0.717, 1.165) is 0 Å². The summed E-state index contributed by atoms with van der Waals surface area (Å²) in [5.41, 5.74) is -0.792. The highest BCUT2D eigenvalue weighted by molar-refractivity contribution is 6.44. The van der Waals surface area contributed by atoms with Crippen molar-refractivity contribution >= 4 is 19.0 Å². The van der Waals surface area contributed by atoms with Gasteiger partial charge in [-0.25, -0.2) is 9.18 Å². The van der Waals surface area contributed by atoms with Gasteiger partial charge in [0.2, 0.25) is 5.91 Å². The number of carboxylic acid groups (broad SMARTS) is 1. The Labute approximate surface area is 161 Å². The lowest BCUT2D eigenvalue weighted by atomic mass is 9.78. The average molecular weight is 392 g/mol. The summed E-state index contributed by atoms with van der Waals surface area (Å²) >= 11 is 0. The van der Waals surface area contributed by atoms with Crippen LogP contribution in [0.4, 0.5) is 4.39 Å². The van der Waals surface area contributed by atoms with E-state index >= 15 is 0 Å². The van der Waals surface area contributed by atoms with Crippen molar-refractivity contribution in [1.82, 2.24) is 10.2 Å². The highest BCUT2D eigenvalue weighted by atomic mass is 19.1. The van der Waals surface area contributed by atoms with E-state index in [9.17, 15) is 24.1 Å². The van der Waals surface area contributed by atoms with Crippen LogP contribution in [0.1, 0.15) is 29.3 Å². The molecule has 4 rings (SSSR count). The Morgan fingerprint density at radius 1 is 1.43 bits per heavy atom. The molecule has 1 unspecified atom stereocenters. The number of likely N-dealkylation sites (tertiary alicyclic amines) is 1. The smallest absolute Gasteiger partial charge is 0.522 e. The lowest BCUT2D eigenvalue weighted by Crippen LogP contribution is -2.59. The monoisotopic (exact) mass is 392 g/mol. The van der Waals surface area contributed by atoms with Crippen LogP contribution in [0.3, 0.4) is 0 Å². The number of rotatable bonds is 4. The molecular formula is C18H22BFN2O6. The van der Waals surface area contributed by atoms with E-state index < -0.39 is 24.8 Å². The van der Waals surface area contributed by atoms with Crippen LogP contribution in [-0.4, -0.2) is 71.5 Å². The fourth-order valence-electron chi connectivity index (χ4n) is 3.89. The molecular weight excluding hydrogens is 370 g/mol. The third kappa shape index (κ3) is 3.54. The molecule has 2 fully saturated rings. The maximum Gasteiger partial charge on any atom is 0.522 e. The van der Waals surface area contributed by atoms with Gasteiger partial charge in [0.1, 0.15) is 28.8 Å². The average Bonchev–Trinajstić information content (AvgIpc) is 2.96. The first kappa shape index (κ1) is 19.0. The van der Waals surface area contributed by atoms with Crippen molar-refractivity contribution in [2.24, 2.45) is 0 Å². The molecule has 150 valence electrons. The second kappa shape index (κ2) is 6.93. The lowest BCUT2D eigenvalue weighted by Gasteiger charge is -2.40. The quantitative estimate of drug-likeness (QED) is 0.640. The van der Waals surface area contributed by atoms with Gasteiger partial charge < -0.3 is 29.7 Å². The van der Waals surface area contributed by atoms with Crippen LogP contribution in [0.25, 0.3) is 0 Å². The first-order valence-electron chi connectivity index (χ1n) is 9.35. The van der Waals surface area contributed by atoms with Crippen molar-refractivity contribution in [2.45, 2.75) is 43.9 Å². The van der Waals surface area contributed by atoms with E-state index in [0.29, 0.717) is 31.4 Å². The molecule has 0 aliphatic carbocycles. The minimum Gasteiger partial charge on any atom is -0.535 e. The summed E-state index contributed by atoms with van der Waals surface area (Å²) in [6.07, 6.45) is 0.706. The zero-order valence-electron chi connectivity index (χ0n) is 15.5. The van der Waals surface area contributed by atoms with Crippen molar-refractivity contribution in [1.29, 1.82) is 0 Å². The van der Waals surface area contributed by atoms with Crippen LogP contribution in [0, 0.1) is 0 Å². The van der Waals surface area contributed by atoms with Gasteiger partial charge in [-0.15, -0.1) is 0 Å². The molecule has 3 N–H and O–H groups in total. The van der Waals surface area contributed by atoms with Gasteiger partial charge in [-0.3, -0.25) is 4.79 Å². The van der Waals surface area contributed by atoms with Gasteiger partial charge in [0, 0.05) is 13.0 Å². The van der Waals surface area contributed by atoms with Crippen LogP contribution < -0.4 is 14.7 Å². The minimum absolute atomic E-state index is 0.119. The second-order valence-electron chi connectivity index (χ2n) is 7.88. The predicted molar refractivity (Wildman–Crippen MR) is 97.4 cm³/mol. The molecule has 8 nitrogen and oxygen atoms in total. The molecule has 1 aromatic rings. The fraction of sp³-hybridized carbons (Fsp3) is 0.556. The van der Waals surface area contributed by atoms with Crippen LogP contribution in [0.15, 0.2) is 12.1 Å².